The van der Waals surface area contributed by atoms with E-state index in [1.807, 2.05) is 18.4 Å². The quantitative estimate of drug-likeness (QED) is 0.499. The van der Waals surface area contributed by atoms with Crippen molar-refractivity contribution in [1.29, 1.82) is 0 Å². The Morgan fingerprint density at radius 2 is 2.04 bits per heavy atom. The summed E-state index contributed by atoms with van der Waals surface area (Å²) in [6.45, 7) is 1.91. The molecule has 122 valence electrons. The molecule has 3 rings (SSSR count). The molecule has 0 amide bonds. The number of hydrogen-bond acceptors (Lipinski definition) is 7. The van der Waals surface area contributed by atoms with Gasteiger partial charge in [-0.1, -0.05) is 11.6 Å². The monoisotopic (exact) mass is 377 g/mol. The van der Waals surface area contributed by atoms with Crippen molar-refractivity contribution in [2.75, 3.05) is 0 Å². The van der Waals surface area contributed by atoms with Gasteiger partial charge in [0.05, 0.1) is 5.97 Å². The number of carbonyl (C=O) groups is 1. The van der Waals surface area contributed by atoms with E-state index in [0.717, 1.165) is 22.2 Å². The molecule has 24 heavy (non-hydrogen) atoms. The van der Waals surface area contributed by atoms with Crippen molar-refractivity contribution in [2.45, 2.75) is 12.1 Å². The normalized spacial score (nSPS) is 11.7. The summed E-state index contributed by atoms with van der Waals surface area (Å²) >= 11 is 8.15. The minimum atomic E-state index is -1.29. The molecule has 0 atom stereocenters. The van der Waals surface area contributed by atoms with Gasteiger partial charge in [0.1, 0.15) is 0 Å². The second-order valence-corrected chi connectivity index (χ2v) is 7.12. The molecule has 1 aromatic carbocycles. The molecule has 2 heterocycles. The Bertz CT molecular complexity index is 900. The summed E-state index contributed by atoms with van der Waals surface area (Å²) in [5, 5.41) is 21.8. The molecule has 0 aliphatic carbocycles. The first-order chi connectivity index (χ1) is 11.5. The Balaban J connectivity index is 1.84. The van der Waals surface area contributed by atoms with Gasteiger partial charge in [-0.15, -0.1) is 21.5 Å². The summed E-state index contributed by atoms with van der Waals surface area (Å²) in [7, 11) is 0. The molecule has 0 saturated heterocycles. The zero-order chi connectivity index (χ0) is 17.1. The lowest BCUT2D eigenvalue weighted by Gasteiger charge is -2.04. The number of benzene rings is 1. The number of nitrogens with zero attached hydrogens (tertiary/aromatic N) is 2. The maximum Gasteiger partial charge on any atom is 0.281 e. The third-order valence-corrected chi connectivity index (χ3v) is 5.12. The first-order valence-electron chi connectivity index (χ1n) is 6.77. The van der Waals surface area contributed by atoms with E-state index in [1.165, 1.54) is 11.3 Å². The van der Waals surface area contributed by atoms with Gasteiger partial charge in [-0.3, -0.25) is 0 Å². The van der Waals surface area contributed by atoms with Crippen molar-refractivity contribution in [3.05, 3.63) is 56.1 Å². The van der Waals surface area contributed by atoms with Gasteiger partial charge in [0.25, 0.3) is 5.22 Å². The fraction of sp³-hybridized carbons (Fsp3) is 0.0625. The van der Waals surface area contributed by atoms with Crippen LogP contribution in [0.5, 0.6) is 0 Å². The lowest BCUT2D eigenvalue weighted by Crippen LogP contribution is -2.22. The molecule has 0 bridgehead atoms. The van der Waals surface area contributed by atoms with Crippen molar-refractivity contribution in [1.82, 2.24) is 10.2 Å². The zero-order valence-corrected chi connectivity index (χ0v) is 14.7. The van der Waals surface area contributed by atoms with Crippen LogP contribution in [0.2, 0.25) is 5.02 Å². The second kappa shape index (κ2) is 7.21. The molecule has 0 radical (unpaired) electrons. The summed E-state index contributed by atoms with van der Waals surface area (Å²) in [6.07, 6.45) is 1.55. The molecule has 0 aliphatic rings. The van der Waals surface area contributed by atoms with Crippen molar-refractivity contribution in [3.8, 4) is 11.5 Å². The summed E-state index contributed by atoms with van der Waals surface area (Å²) in [5.41, 5.74) is 1.69. The summed E-state index contributed by atoms with van der Waals surface area (Å²) in [6, 6.07) is 8.82. The smallest absolute Gasteiger partial charge is 0.281 e. The number of carboxylic acids is 1. The Hall–Kier alpha value is -2.09. The highest BCUT2D eigenvalue weighted by atomic mass is 35.5. The number of thioether (sulfide) groups is 1. The van der Waals surface area contributed by atoms with Crippen molar-refractivity contribution < 1.29 is 14.3 Å². The van der Waals surface area contributed by atoms with E-state index in [1.54, 1.807) is 30.3 Å². The Morgan fingerprint density at radius 3 is 2.67 bits per heavy atom. The highest BCUT2D eigenvalue weighted by Crippen LogP contribution is 2.31. The van der Waals surface area contributed by atoms with Gasteiger partial charge in [0.15, 0.2) is 0 Å². The van der Waals surface area contributed by atoms with E-state index in [2.05, 4.69) is 10.2 Å². The van der Waals surface area contributed by atoms with Crippen molar-refractivity contribution >= 4 is 46.7 Å². The SMILES string of the molecule is Cc1ccsc1/C=C(\Sc1nnc(-c2ccc(Cl)cc2)o1)C(=O)[O-]. The maximum atomic E-state index is 11.4. The number of thiophene rings is 1. The predicted molar refractivity (Wildman–Crippen MR) is 92.6 cm³/mol. The van der Waals surface area contributed by atoms with Crippen LogP contribution in [0.1, 0.15) is 10.4 Å². The number of aryl methyl sites for hydroxylation is 1. The number of aliphatic carboxylic acids is 1. The fourth-order valence-corrected chi connectivity index (χ4v) is 3.55. The molecule has 3 aromatic rings. The Labute approximate surface area is 151 Å². The zero-order valence-electron chi connectivity index (χ0n) is 12.4. The predicted octanol–water partition coefficient (Wildman–Crippen LogP) is 3.64. The van der Waals surface area contributed by atoms with E-state index >= 15 is 0 Å². The van der Waals surface area contributed by atoms with Crippen LogP contribution in [0.3, 0.4) is 0 Å². The first kappa shape index (κ1) is 16.8. The van der Waals surface area contributed by atoms with E-state index in [9.17, 15) is 9.90 Å². The number of rotatable bonds is 5. The third-order valence-electron chi connectivity index (χ3n) is 3.06. The van der Waals surface area contributed by atoms with Gasteiger partial charge >= 0.3 is 0 Å². The average molecular weight is 378 g/mol. The van der Waals surface area contributed by atoms with E-state index in [-0.39, 0.29) is 10.1 Å². The lowest BCUT2D eigenvalue weighted by molar-refractivity contribution is -0.298. The van der Waals surface area contributed by atoms with Gasteiger partial charge in [-0.2, -0.15) is 0 Å². The molecule has 0 spiro atoms. The lowest BCUT2D eigenvalue weighted by atomic mass is 10.2. The van der Waals surface area contributed by atoms with E-state index < -0.39 is 5.97 Å². The number of carboxylic acid groups (broad SMARTS) is 1. The maximum absolute atomic E-state index is 11.4. The van der Waals surface area contributed by atoms with Gasteiger partial charge in [0, 0.05) is 20.4 Å². The molecule has 0 fully saturated rings. The largest absolute Gasteiger partial charge is 0.544 e. The number of aromatic nitrogens is 2. The highest BCUT2D eigenvalue weighted by Gasteiger charge is 2.13. The van der Waals surface area contributed by atoms with Crippen LogP contribution in [0, 0.1) is 6.92 Å². The molecule has 8 heteroatoms. The van der Waals surface area contributed by atoms with Gasteiger partial charge in [-0.05, 0) is 66.0 Å². The summed E-state index contributed by atoms with van der Waals surface area (Å²) < 4.78 is 5.51. The van der Waals surface area contributed by atoms with Gasteiger partial charge in [0.2, 0.25) is 5.89 Å². The van der Waals surface area contributed by atoms with Crippen molar-refractivity contribution in [2.24, 2.45) is 0 Å². The molecule has 0 saturated carbocycles. The third kappa shape index (κ3) is 3.87. The molecular weight excluding hydrogens is 368 g/mol. The minimum absolute atomic E-state index is 0.00635. The Kier molecular flexibility index (Phi) is 5.03. The topological polar surface area (TPSA) is 79.0 Å². The molecule has 2 aromatic heterocycles. The van der Waals surface area contributed by atoms with E-state index in [4.69, 9.17) is 16.0 Å². The van der Waals surface area contributed by atoms with Crippen LogP contribution >= 0.6 is 34.7 Å². The van der Waals surface area contributed by atoms with Crippen molar-refractivity contribution in [3.63, 3.8) is 0 Å². The van der Waals surface area contributed by atoms with Crippen LogP contribution in [0.15, 0.2) is 50.3 Å². The molecule has 0 aliphatic heterocycles. The molecular formula is C16H10ClN2O3S2-. The Morgan fingerprint density at radius 1 is 1.29 bits per heavy atom. The number of hydrogen-bond donors (Lipinski definition) is 0. The van der Waals surface area contributed by atoms with Crippen LogP contribution in [-0.4, -0.2) is 16.2 Å². The fourth-order valence-electron chi connectivity index (χ4n) is 1.84. The first-order valence-corrected chi connectivity index (χ1v) is 8.85. The van der Waals surface area contributed by atoms with Crippen LogP contribution in [0.25, 0.3) is 17.5 Å². The second-order valence-electron chi connectivity index (χ2n) is 4.75. The number of carbonyl (C=O) groups excluding carboxylic acids is 1. The van der Waals surface area contributed by atoms with Gasteiger partial charge in [-0.25, -0.2) is 0 Å². The van der Waals surface area contributed by atoms with E-state index in [0.29, 0.717) is 16.5 Å². The molecule has 0 unspecified atom stereocenters. The van der Waals surface area contributed by atoms with Crippen LogP contribution in [-0.2, 0) is 4.79 Å². The summed E-state index contributed by atoms with van der Waals surface area (Å²) in [4.78, 5) is 12.2. The average Bonchev–Trinajstić information content (AvgIpc) is 3.17. The van der Waals surface area contributed by atoms with Gasteiger partial charge < -0.3 is 14.3 Å². The van der Waals surface area contributed by atoms with Crippen LogP contribution < -0.4 is 5.11 Å². The summed E-state index contributed by atoms with van der Waals surface area (Å²) in [5.74, 6) is -1.00. The standard InChI is InChI=1S/C16H11ClN2O3S2/c1-9-6-7-23-12(9)8-13(15(20)21)24-16-19-18-14(22-16)10-2-4-11(17)5-3-10/h2-8H,1H3,(H,20,21)/p-1/b13-8-. The number of halogens is 1. The highest BCUT2D eigenvalue weighted by molar-refractivity contribution is 8.03. The van der Waals surface area contributed by atoms with Crippen LogP contribution in [0.4, 0.5) is 0 Å². The molecule has 0 N–H and O–H groups in total. The molecule has 5 nitrogen and oxygen atoms in total. The minimum Gasteiger partial charge on any atom is -0.544 e.